The number of nitrogens with zero attached hydrogens (tertiary/aromatic N) is 1. The third-order valence-corrected chi connectivity index (χ3v) is 3.93. The number of amides is 1. The molecule has 0 spiro atoms. The number of ether oxygens (including phenoxy) is 1. The van der Waals surface area contributed by atoms with Gasteiger partial charge >= 0.3 is 0 Å². The lowest BCUT2D eigenvalue weighted by Crippen LogP contribution is -2.24. The summed E-state index contributed by atoms with van der Waals surface area (Å²) in [5, 5.41) is 1.75. The SMILES string of the molecule is NC(N)=NC(=O)c1c(OC2CCCC2)ccc2ccccc12. The monoisotopic (exact) mass is 297 g/mol. The van der Waals surface area contributed by atoms with Crippen LogP contribution in [0.3, 0.4) is 0 Å². The van der Waals surface area contributed by atoms with Crippen LogP contribution in [-0.4, -0.2) is 18.0 Å². The fourth-order valence-electron chi connectivity index (χ4n) is 2.93. The van der Waals surface area contributed by atoms with Crippen LogP contribution in [-0.2, 0) is 0 Å². The Labute approximate surface area is 129 Å². The molecular weight excluding hydrogens is 278 g/mol. The first-order valence-electron chi connectivity index (χ1n) is 7.47. The highest BCUT2D eigenvalue weighted by molar-refractivity contribution is 6.12. The molecule has 1 fully saturated rings. The summed E-state index contributed by atoms with van der Waals surface area (Å²) in [4.78, 5) is 16.1. The van der Waals surface area contributed by atoms with Crippen molar-refractivity contribution in [2.75, 3.05) is 0 Å². The summed E-state index contributed by atoms with van der Waals surface area (Å²) in [6.07, 6.45) is 4.52. The largest absolute Gasteiger partial charge is 0.490 e. The van der Waals surface area contributed by atoms with E-state index in [-0.39, 0.29) is 12.1 Å². The topological polar surface area (TPSA) is 90.7 Å². The van der Waals surface area contributed by atoms with Gasteiger partial charge < -0.3 is 16.2 Å². The van der Waals surface area contributed by atoms with Crippen LogP contribution >= 0.6 is 0 Å². The number of hydrogen-bond acceptors (Lipinski definition) is 2. The van der Waals surface area contributed by atoms with Gasteiger partial charge in [-0.1, -0.05) is 30.3 Å². The first kappa shape index (κ1) is 14.4. The number of guanidine groups is 1. The highest BCUT2D eigenvalue weighted by Crippen LogP contribution is 2.32. The van der Waals surface area contributed by atoms with Crippen LogP contribution in [0.5, 0.6) is 5.75 Å². The minimum Gasteiger partial charge on any atom is -0.490 e. The molecule has 0 atom stereocenters. The molecule has 114 valence electrons. The normalized spacial score (nSPS) is 14.9. The molecule has 3 rings (SSSR count). The number of hydrogen-bond donors (Lipinski definition) is 2. The molecule has 4 N–H and O–H groups in total. The minimum atomic E-state index is -0.468. The van der Waals surface area contributed by atoms with E-state index in [2.05, 4.69) is 4.99 Å². The summed E-state index contributed by atoms with van der Waals surface area (Å²) in [6, 6.07) is 11.4. The number of carbonyl (C=O) groups is 1. The number of fused-ring (bicyclic) bond motifs is 1. The van der Waals surface area contributed by atoms with E-state index in [9.17, 15) is 4.79 Å². The maximum absolute atomic E-state index is 12.4. The van der Waals surface area contributed by atoms with E-state index >= 15 is 0 Å². The minimum absolute atomic E-state index is 0.159. The molecule has 0 radical (unpaired) electrons. The molecule has 1 aliphatic carbocycles. The first-order chi connectivity index (χ1) is 10.6. The van der Waals surface area contributed by atoms with E-state index < -0.39 is 5.91 Å². The van der Waals surface area contributed by atoms with Gasteiger partial charge in [0.05, 0.1) is 11.7 Å². The third-order valence-electron chi connectivity index (χ3n) is 3.93. The fraction of sp³-hybridized carbons (Fsp3) is 0.294. The molecule has 0 saturated heterocycles. The Morgan fingerprint density at radius 1 is 1.09 bits per heavy atom. The van der Waals surface area contributed by atoms with Gasteiger partial charge in [0.25, 0.3) is 5.91 Å². The van der Waals surface area contributed by atoms with E-state index in [0.29, 0.717) is 11.3 Å². The van der Waals surface area contributed by atoms with Gasteiger partial charge in [0.1, 0.15) is 5.75 Å². The van der Waals surface area contributed by atoms with Gasteiger partial charge in [-0.15, -0.1) is 0 Å². The summed E-state index contributed by atoms with van der Waals surface area (Å²) in [6.45, 7) is 0. The van der Waals surface area contributed by atoms with Crippen molar-refractivity contribution in [3.8, 4) is 5.75 Å². The van der Waals surface area contributed by atoms with Crippen molar-refractivity contribution in [2.24, 2.45) is 16.5 Å². The second kappa shape index (κ2) is 6.05. The lowest BCUT2D eigenvalue weighted by atomic mass is 10.0. The van der Waals surface area contributed by atoms with E-state index in [4.69, 9.17) is 16.2 Å². The molecule has 0 heterocycles. The maximum atomic E-state index is 12.4. The average molecular weight is 297 g/mol. The molecule has 0 aliphatic heterocycles. The Balaban J connectivity index is 2.09. The Kier molecular flexibility index (Phi) is 3.96. The van der Waals surface area contributed by atoms with Gasteiger partial charge in [-0.2, -0.15) is 4.99 Å². The summed E-state index contributed by atoms with van der Waals surface area (Å²) in [5.41, 5.74) is 11.1. The predicted molar refractivity (Wildman–Crippen MR) is 87.0 cm³/mol. The second-order valence-corrected chi connectivity index (χ2v) is 5.53. The van der Waals surface area contributed by atoms with Crippen molar-refractivity contribution in [1.29, 1.82) is 0 Å². The summed E-state index contributed by atoms with van der Waals surface area (Å²) < 4.78 is 6.05. The summed E-state index contributed by atoms with van der Waals surface area (Å²) in [7, 11) is 0. The first-order valence-corrected chi connectivity index (χ1v) is 7.47. The number of benzene rings is 2. The average Bonchev–Trinajstić information content (AvgIpc) is 2.99. The quantitative estimate of drug-likeness (QED) is 0.673. The Morgan fingerprint density at radius 3 is 2.55 bits per heavy atom. The lowest BCUT2D eigenvalue weighted by Gasteiger charge is -2.16. The van der Waals surface area contributed by atoms with Gasteiger partial charge in [0, 0.05) is 0 Å². The molecule has 22 heavy (non-hydrogen) atoms. The molecular formula is C17H19N3O2. The molecule has 5 heteroatoms. The van der Waals surface area contributed by atoms with Gasteiger partial charge in [0.2, 0.25) is 0 Å². The van der Waals surface area contributed by atoms with Crippen molar-refractivity contribution >= 4 is 22.6 Å². The highest BCUT2D eigenvalue weighted by atomic mass is 16.5. The van der Waals surface area contributed by atoms with Crippen LogP contribution in [0.15, 0.2) is 41.4 Å². The lowest BCUT2D eigenvalue weighted by molar-refractivity contribution is 0.0997. The van der Waals surface area contributed by atoms with Crippen LogP contribution in [0, 0.1) is 0 Å². The highest BCUT2D eigenvalue weighted by Gasteiger charge is 2.22. The van der Waals surface area contributed by atoms with Gasteiger partial charge in [0.15, 0.2) is 5.96 Å². The smallest absolute Gasteiger partial charge is 0.284 e. The predicted octanol–water partition coefficient (Wildman–Crippen LogP) is 2.57. The van der Waals surface area contributed by atoms with Crippen molar-refractivity contribution in [3.05, 3.63) is 42.0 Å². The van der Waals surface area contributed by atoms with Crippen LogP contribution in [0.25, 0.3) is 10.8 Å². The molecule has 1 amide bonds. The Hall–Kier alpha value is -2.56. The molecule has 0 unspecified atom stereocenters. The molecule has 1 aliphatic rings. The van der Waals surface area contributed by atoms with Crippen LogP contribution in [0.1, 0.15) is 36.0 Å². The standard InChI is InChI=1S/C17H19N3O2/c18-17(19)20-16(21)15-13-8-4-1-5-11(13)9-10-14(15)22-12-6-2-3-7-12/h1,4-5,8-10,12H,2-3,6-7H2,(H4,18,19,20,21). The number of nitrogens with two attached hydrogens (primary N) is 2. The van der Waals surface area contributed by atoms with E-state index in [1.165, 1.54) is 0 Å². The van der Waals surface area contributed by atoms with Crippen molar-refractivity contribution in [1.82, 2.24) is 0 Å². The van der Waals surface area contributed by atoms with E-state index in [0.717, 1.165) is 36.5 Å². The fourth-order valence-corrected chi connectivity index (χ4v) is 2.93. The summed E-state index contributed by atoms with van der Waals surface area (Å²) >= 11 is 0. The van der Waals surface area contributed by atoms with Gasteiger partial charge in [-0.05, 0) is 42.5 Å². The zero-order valence-corrected chi connectivity index (χ0v) is 12.3. The van der Waals surface area contributed by atoms with Crippen molar-refractivity contribution in [3.63, 3.8) is 0 Å². The maximum Gasteiger partial charge on any atom is 0.284 e. The Morgan fingerprint density at radius 2 is 1.82 bits per heavy atom. The molecule has 1 saturated carbocycles. The number of aliphatic imine (C=N–C) groups is 1. The molecule has 5 nitrogen and oxygen atoms in total. The zero-order chi connectivity index (χ0) is 15.5. The van der Waals surface area contributed by atoms with Crippen LogP contribution in [0.2, 0.25) is 0 Å². The Bertz CT molecular complexity index is 730. The summed E-state index contributed by atoms with van der Waals surface area (Å²) in [5.74, 6) is -0.157. The van der Waals surface area contributed by atoms with Gasteiger partial charge in [-0.3, -0.25) is 4.79 Å². The van der Waals surface area contributed by atoms with Crippen molar-refractivity contribution in [2.45, 2.75) is 31.8 Å². The van der Waals surface area contributed by atoms with Crippen molar-refractivity contribution < 1.29 is 9.53 Å². The van der Waals surface area contributed by atoms with Crippen LogP contribution in [0.4, 0.5) is 0 Å². The third kappa shape index (κ3) is 2.88. The van der Waals surface area contributed by atoms with E-state index in [1.807, 2.05) is 36.4 Å². The molecule has 2 aromatic carbocycles. The van der Waals surface area contributed by atoms with E-state index in [1.54, 1.807) is 0 Å². The number of carbonyl (C=O) groups excluding carboxylic acids is 1. The molecule has 0 bridgehead atoms. The molecule has 0 aromatic heterocycles. The van der Waals surface area contributed by atoms with Crippen LogP contribution < -0.4 is 16.2 Å². The zero-order valence-electron chi connectivity index (χ0n) is 12.3. The van der Waals surface area contributed by atoms with Gasteiger partial charge in [-0.25, -0.2) is 0 Å². The second-order valence-electron chi connectivity index (χ2n) is 5.53. The molecule has 2 aromatic rings. The number of rotatable bonds is 3.